The molecule has 3 saturated heterocycles. The summed E-state index contributed by atoms with van der Waals surface area (Å²) < 4.78 is 13.0. The molecule has 6 heteroatoms. The molecular weight excluding hydrogens is 426 g/mol. The monoisotopic (exact) mass is 459 g/mol. The number of carbonyl (C=O) groups is 1. The van der Waals surface area contributed by atoms with Gasteiger partial charge in [-0.2, -0.15) is 5.10 Å². The van der Waals surface area contributed by atoms with Gasteiger partial charge in [0.25, 0.3) is 0 Å². The van der Waals surface area contributed by atoms with Crippen LogP contribution in [-0.4, -0.2) is 52.8 Å². The molecule has 3 aliphatic heterocycles. The summed E-state index contributed by atoms with van der Waals surface area (Å²) in [6.07, 6.45) is 10.9. The number of ether oxygens (including phenoxy) is 2. The van der Waals surface area contributed by atoms with Crippen molar-refractivity contribution in [2.45, 2.75) is 62.4 Å². The predicted octanol–water partition coefficient (Wildman–Crippen LogP) is 4.40. The highest BCUT2D eigenvalue weighted by Gasteiger charge is 2.51. The molecule has 2 unspecified atom stereocenters. The molecular formula is C28H33N3O3. The first-order valence-electron chi connectivity index (χ1n) is 12.6. The van der Waals surface area contributed by atoms with E-state index in [1.807, 2.05) is 29.0 Å². The van der Waals surface area contributed by atoms with Gasteiger partial charge in [0.2, 0.25) is 5.91 Å². The number of pyridine rings is 1. The Morgan fingerprint density at radius 3 is 2.53 bits per heavy atom. The molecule has 0 N–H and O–H groups in total. The molecule has 34 heavy (non-hydrogen) atoms. The van der Waals surface area contributed by atoms with Crippen LogP contribution in [0.3, 0.4) is 0 Å². The van der Waals surface area contributed by atoms with E-state index in [4.69, 9.17) is 9.47 Å². The minimum absolute atomic E-state index is 0.324. The van der Waals surface area contributed by atoms with Crippen LogP contribution in [-0.2, 0) is 21.4 Å². The van der Waals surface area contributed by atoms with Crippen molar-refractivity contribution in [3.05, 3.63) is 66.0 Å². The molecule has 1 amide bonds. The summed E-state index contributed by atoms with van der Waals surface area (Å²) >= 11 is 0. The van der Waals surface area contributed by atoms with Crippen LogP contribution in [0.5, 0.6) is 5.75 Å². The summed E-state index contributed by atoms with van der Waals surface area (Å²) in [5.74, 6) is 1.76. The lowest BCUT2D eigenvalue weighted by Crippen LogP contribution is -2.56. The van der Waals surface area contributed by atoms with Gasteiger partial charge in [0.1, 0.15) is 5.75 Å². The molecule has 3 aliphatic rings. The standard InChI is InChI=1S/C28H33N3O3/c1-33-25-8-4-22(5-9-25)28(11-15-34-16-12-28)27(32)31-23-6-7-24(31)19-20(18-23)17-21-3-2-14-30-26(21)10-13-29-30/h2-5,8-10,13-14,20,23-24H,6-7,11-12,15-19H2,1H3. The number of carbonyl (C=O) groups excluding carboxylic acids is 1. The number of methoxy groups -OCH3 is 1. The topological polar surface area (TPSA) is 56.1 Å². The summed E-state index contributed by atoms with van der Waals surface area (Å²) in [6.45, 7) is 1.28. The molecule has 2 aromatic heterocycles. The van der Waals surface area contributed by atoms with Crippen LogP contribution in [0.15, 0.2) is 54.9 Å². The number of fused-ring (bicyclic) bond motifs is 3. The van der Waals surface area contributed by atoms with Crippen molar-refractivity contribution in [3.63, 3.8) is 0 Å². The molecule has 6 rings (SSSR count). The summed E-state index contributed by atoms with van der Waals surface area (Å²) in [5, 5.41) is 4.39. The minimum atomic E-state index is -0.485. The number of aromatic nitrogens is 2. The van der Waals surface area contributed by atoms with E-state index in [2.05, 4.69) is 40.3 Å². The average Bonchev–Trinajstić information content (AvgIpc) is 3.47. The molecule has 2 bridgehead atoms. The smallest absolute Gasteiger partial charge is 0.233 e. The van der Waals surface area contributed by atoms with Gasteiger partial charge in [-0.1, -0.05) is 18.2 Å². The fraction of sp³-hybridized carbons (Fsp3) is 0.500. The third kappa shape index (κ3) is 3.59. The van der Waals surface area contributed by atoms with Crippen LogP contribution < -0.4 is 4.74 Å². The maximum Gasteiger partial charge on any atom is 0.233 e. The third-order valence-corrected chi connectivity index (χ3v) is 8.50. The van der Waals surface area contributed by atoms with Crippen molar-refractivity contribution in [1.29, 1.82) is 0 Å². The number of piperidine rings is 1. The summed E-state index contributed by atoms with van der Waals surface area (Å²) in [4.78, 5) is 16.6. The quantitative estimate of drug-likeness (QED) is 0.567. The highest BCUT2D eigenvalue weighted by atomic mass is 16.5. The van der Waals surface area contributed by atoms with E-state index in [0.29, 0.717) is 37.1 Å². The Morgan fingerprint density at radius 2 is 1.82 bits per heavy atom. The number of rotatable bonds is 5. The second-order valence-corrected chi connectivity index (χ2v) is 10.3. The van der Waals surface area contributed by atoms with Gasteiger partial charge >= 0.3 is 0 Å². The Morgan fingerprint density at radius 1 is 1.09 bits per heavy atom. The SMILES string of the molecule is COc1ccc(C2(C(=O)N3C4CCC3CC(Cc3cccn5nccc35)C4)CCOCC2)cc1. The Hall–Kier alpha value is -2.86. The van der Waals surface area contributed by atoms with Crippen LogP contribution >= 0.6 is 0 Å². The Balaban J connectivity index is 1.24. The third-order valence-electron chi connectivity index (χ3n) is 8.50. The maximum absolute atomic E-state index is 14.3. The van der Waals surface area contributed by atoms with Gasteiger partial charge in [-0.05, 0) is 86.3 Å². The van der Waals surface area contributed by atoms with Gasteiger partial charge in [0, 0.05) is 37.7 Å². The van der Waals surface area contributed by atoms with E-state index >= 15 is 0 Å². The predicted molar refractivity (Wildman–Crippen MR) is 130 cm³/mol. The van der Waals surface area contributed by atoms with E-state index in [0.717, 1.165) is 56.3 Å². The number of hydrogen-bond acceptors (Lipinski definition) is 4. The van der Waals surface area contributed by atoms with Crippen molar-refractivity contribution in [3.8, 4) is 5.75 Å². The lowest BCUT2D eigenvalue weighted by molar-refractivity contribution is -0.146. The molecule has 0 radical (unpaired) electrons. The van der Waals surface area contributed by atoms with Crippen LogP contribution in [0.4, 0.5) is 0 Å². The molecule has 1 aromatic carbocycles. The summed E-state index contributed by atoms with van der Waals surface area (Å²) in [6, 6.07) is 15.3. The lowest BCUT2D eigenvalue weighted by Gasteiger charge is -2.46. The Labute approximate surface area is 200 Å². The van der Waals surface area contributed by atoms with Gasteiger partial charge in [-0.25, -0.2) is 4.52 Å². The molecule has 6 nitrogen and oxygen atoms in total. The highest BCUT2D eigenvalue weighted by Crippen LogP contribution is 2.45. The number of nitrogens with zero attached hydrogens (tertiary/aromatic N) is 3. The van der Waals surface area contributed by atoms with Crippen LogP contribution in [0.25, 0.3) is 5.52 Å². The van der Waals surface area contributed by atoms with Crippen molar-refractivity contribution in [2.24, 2.45) is 5.92 Å². The first-order chi connectivity index (χ1) is 16.7. The number of amides is 1. The fourth-order valence-corrected chi connectivity index (χ4v) is 6.79. The minimum Gasteiger partial charge on any atom is -0.497 e. The first kappa shape index (κ1) is 21.7. The second-order valence-electron chi connectivity index (χ2n) is 10.3. The molecule has 0 saturated carbocycles. The molecule has 0 aliphatic carbocycles. The van der Waals surface area contributed by atoms with E-state index in [-0.39, 0.29) is 0 Å². The zero-order valence-electron chi connectivity index (χ0n) is 19.9. The van der Waals surface area contributed by atoms with Crippen LogP contribution in [0.1, 0.15) is 49.7 Å². The zero-order valence-corrected chi connectivity index (χ0v) is 19.9. The number of benzene rings is 1. The second kappa shape index (κ2) is 8.73. The van der Waals surface area contributed by atoms with Gasteiger partial charge in [0.05, 0.1) is 18.0 Å². The van der Waals surface area contributed by atoms with Crippen molar-refractivity contribution in [1.82, 2.24) is 14.5 Å². The van der Waals surface area contributed by atoms with E-state index in [1.165, 1.54) is 11.1 Å². The largest absolute Gasteiger partial charge is 0.497 e. The van der Waals surface area contributed by atoms with E-state index in [1.54, 1.807) is 7.11 Å². The summed E-state index contributed by atoms with van der Waals surface area (Å²) in [7, 11) is 1.68. The van der Waals surface area contributed by atoms with Crippen LogP contribution in [0.2, 0.25) is 0 Å². The molecule has 3 aromatic rings. The van der Waals surface area contributed by atoms with Gasteiger partial charge in [0.15, 0.2) is 0 Å². The molecule has 2 atom stereocenters. The van der Waals surface area contributed by atoms with Gasteiger partial charge < -0.3 is 14.4 Å². The highest BCUT2D eigenvalue weighted by molar-refractivity contribution is 5.89. The van der Waals surface area contributed by atoms with Crippen molar-refractivity contribution >= 4 is 11.4 Å². The van der Waals surface area contributed by atoms with Crippen molar-refractivity contribution in [2.75, 3.05) is 20.3 Å². The first-order valence-corrected chi connectivity index (χ1v) is 12.6. The average molecular weight is 460 g/mol. The molecule has 178 valence electrons. The van der Waals surface area contributed by atoms with E-state index in [9.17, 15) is 4.79 Å². The number of hydrogen-bond donors (Lipinski definition) is 0. The molecule has 3 fully saturated rings. The summed E-state index contributed by atoms with van der Waals surface area (Å²) in [5.41, 5.74) is 3.19. The maximum atomic E-state index is 14.3. The lowest BCUT2D eigenvalue weighted by atomic mass is 9.72. The normalized spacial score (nSPS) is 26.0. The molecule has 0 spiro atoms. The Kier molecular flexibility index (Phi) is 5.56. The van der Waals surface area contributed by atoms with E-state index < -0.39 is 5.41 Å². The fourth-order valence-electron chi connectivity index (χ4n) is 6.79. The van der Waals surface area contributed by atoms with Crippen molar-refractivity contribution < 1.29 is 14.3 Å². The van der Waals surface area contributed by atoms with Crippen LogP contribution in [0, 0.1) is 5.92 Å². The zero-order chi connectivity index (χ0) is 23.1. The van der Waals surface area contributed by atoms with Gasteiger partial charge in [-0.15, -0.1) is 0 Å². The molecule has 5 heterocycles. The Bertz CT molecular complexity index is 1150. The van der Waals surface area contributed by atoms with Gasteiger partial charge in [-0.3, -0.25) is 4.79 Å².